The molecule has 2 aromatic rings. The van der Waals surface area contributed by atoms with Gasteiger partial charge in [-0.2, -0.15) is 4.31 Å². The Balaban J connectivity index is 1.80. The van der Waals surface area contributed by atoms with Crippen molar-refractivity contribution in [2.24, 2.45) is 0 Å². The highest BCUT2D eigenvalue weighted by Gasteiger charge is 2.26. The van der Waals surface area contributed by atoms with Crippen LogP contribution in [0, 0.1) is 0 Å². The van der Waals surface area contributed by atoms with E-state index in [1.807, 2.05) is 0 Å². The van der Waals surface area contributed by atoms with Crippen LogP contribution in [0.4, 0.5) is 5.69 Å². The summed E-state index contributed by atoms with van der Waals surface area (Å²) in [7, 11) is -3.61. The van der Waals surface area contributed by atoms with E-state index in [2.05, 4.69) is 26.2 Å². The molecule has 0 saturated carbocycles. The second kappa shape index (κ2) is 7.61. The highest BCUT2D eigenvalue weighted by Crippen LogP contribution is 2.21. The first-order chi connectivity index (χ1) is 12.0. The van der Waals surface area contributed by atoms with Crippen LogP contribution in [0.1, 0.15) is 10.4 Å². The van der Waals surface area contributed by atoms with Crippen LogP contribution in [0.5, 0.6) is 0 Å². The molecular formula is C16H16BrN3O4S. The zero-order valence-corrected chi connectivity index (χ0v) is 15.6. The number of amides is 1. The average molecular weight is 426 g/mol. The molecule has 9 heteroatoms. The van der Waals surface area contributed by atoms with Crippen LogP contribution in [0.25, 0.3) is 0 Å². The van der Waals surface area contributed by atoms with Crippen LogP contribution in [0.3, 0.4) is 0 Å². The van der Waals surface area contributed by atoms with Crippen molar-refractivity contribution in [2.45, 2.75) is 4.90 Å². The summed E-state index contributed by atoms with van der Waals surface area (Å²) in [6, 6.07) is 7.84. The van der Waals surface area contributed by atoms with Crippen molar-refractivity contribution in [2.75, 3.05) is 31.6 Å². The van der Waals surface area contributed by atoms with Gasteiger partial charge in [-0.3, -0.25) is 9.78 Å². The summed E-state index contributed by atoms with van der Waals surface area (Å²) in [6.45, 7) is 1.41. The molecule has 0 unspecified atom stereocenters. The van der Waals surface area contributed by atoms with E-state index in [-0.39, 0.29) is 10.8 Å². The van der Waals surface area contributed by atoms with Crippen LogP contribution in [0.15, 0.2) is 52.1 Å². The lowest BCUT2D eigenvalue weighted by molar-refractivity contribution is 0.0730. The Kier molecular flexibility index (Phi) is 5.48. The van der Waals surface area contributed by atoms with E-state index in [0.717, 1.165) is 0 Å². The fourth-order valence-corrected chi connectivity index (χ4v) is 4.23. The molecule has 132 valence electrons. The monoisotopic (exact) mass is 425 g/mol. The van der Waals surface area contributed by atoms with Crippen LogP contribution in [0.2, 0.25) is 0 Å². The lowest BCUT2D eigenvalue weighted by Crippen LogP contribution is -2.40. The van der Waals surface area contributed by atoms with Crippen molar-refractivity contribution in [3.05, 3.63) is 52.8 Å². The molecule has 1 fully saturated rings. The van der Waals surface area contributed by atoms with Gasteiger partial charge in [0.25, 0.3) is 5.91 Å². The SMILES string of the molecule is O=C(Nc1cccc(S(=O)(=O)N2CCOCC2)c1)c1cncc(Br)c1. The predicted molar refractivity (Wildman–Crippen MR) is 95.9 cm³/mol. The molecule has 25 heavy (non-hydrogen) atoms. The second-order valence-corrected chi connectivity index (χ2v) is 8.24. The number of sulfonamides is 1. The molecule has 0 radical (unpaired) electrons. The summed E-state index contributed by atoms with van der Waals surface area (Å²) >= 11 is 3.26. The number of aromatic nitrogens is 1. The van der Waals surface area contributed by atoms with Crippen molar-refractivity contribution in [1.29, 1.82) is 0 Å². The second-order valence-electron chi connectivity index (χ2n) is 5.39. The van der Waals surface area contributed by atoms with Gasteiger partial charge in [0.2, 0.25) is 10.0 Å². The maximum atomic E-state index is 12.7. The fourth-order valence-electron chi connectivity index (χ4n) is 2.41. The van der Waals surface area contributed by atoms with Gasteiger partial charge in [0.05, 0.1) is 23.7 Å². The van der Waals surface area contributed by atoms with Gasteiger partial charge in [-0.1, -0.05) is 6.07 Å². The van der Waals surface area contributed by atoms with E-state index in [9.17, 15) is 13.2 Å². The number of nitrogens with one attached hydrogen (secondary N) is 1. The van der Waals surface area contributed by atoms with Crippen molar-refractivity contribution >= 4 is 37.5 Å². The molecule has 1 saturated heterocycles. The van der Waals surface area contributed by atoms with Gasteiger partial charge >= 0.3 is 0 Å². The minimum absolute atomic E-state index is 0.138. The van der Waals surface area contributed by atoms with Gasteiger partial charge in [-0.25, -0.2) is 8.42 Å². The van der Waals surface area contributed by atoms with Gasteiger partial charge in [-0.15, -0.1) is 0 Å². The predicted octanol–water partition coefficient (Wildman–Crippen LogP) is 2.12. The van der Waals surface area contributed by atoms with Crippen LogP contribution >= 0.6 is 15.9 Å². The average Bonchev–Trinajstić information content (AvgIpc) is 2.62. The molecule has 7 nitrogen and oxygen atoms in total. The van der Waals surface area contributed by atoms with Gasteiger partial charge in [0.15, 0.2) is 0 Å². The molecule has 0 spiro atoms. The zero-order chi connectivity index (χ0) is 17.9. The molecule has 1 aliphatic heterocycles. The third-order valence-corrected chi connectivity index (χ3v) is 6.00. The molecule has 0 bridgehead atoms. The first kappa shape index (κ1) is 18.0. The number of carbonyl (C=O) groups is 1. The van der Waals surface area contributed by atoms with E-state index in [1.165, 1.54) is 22.6 Å². The Morgan fingerprint density at radius 1 is 1.20 bits per heavy atom. The van der Waals surface area contributed by atoms with Crippen molar-refractivity contribution in [3.63, 3.8) is 0 Å². The van der Waals surface area contributed by atoms with E-state index in [1.54, 1.807) is 24.4 Å². The molecule has 2 heterocycles. The normalized spacial score (nSPS) is 15.7. The topological polar surface area (TPSA) is 88.6 Å². The lowest BCUT2D eigenvalue weighted by Gasteiger charge is -2.26. The van der Waals surface area contributed by atoms with Gasteiger partial charge in [0, 0.05) is 35.6 Å². The maximum Gasteiger partial charge on any atom is 0.257 e. The van der Waals surface area contributed by atoms with Crippen LogP contribution in [-0.2, 0) is 14.8 Å². The van der Waals surface area contributed by atoms with Crippen molar-refractivity contribution < 1.29 is 17.9 Å². The zero-order valence-electron chi connectivity index (χ0n) is 13.2. The smallest absolute Gasteiger partial charge is 0.257 e. The molecule has 1 aromatic carbocycles. The fraction of sp³-hybridized carbons (Fsp3) is 0.250. The maximum absolute atomic E-state index is 12.7. The molecule has 0 atom stereocenters. The Labute approximate surface area is 154 Å². The Morgan fingerprint density at radius 3 is 2.68 bits per heavy atom. The molecule has 1 aromatic heterocycles. The quantitative estimate of drug-likeness (QED) is 0.809. The summed E-state index contributed by atoms with van der Waals surface area (Å²) in [6.07, 6.45) is 3.01. The Morgan fingerprint density at radius 2 is 1.96 bits per heavy atom. The third kappa shape index (κ3) is 4.24. The van der Waals surface area contributed by atoms with E-state index < -0.39 is 10.0 Å². The van der Waals surface area contributed by atoms with Gasteiger partial charge in [0.1, 0.15) is 0 Å². The summed E-state index contributed by atoms with van der Waals surface area (Å²) < 4.78 is 32.6. The van der Waals surface area contributed by atoms with E-state index >= 15 is 0 Å². The largest absolute Gasteiger partial charge is 0.379 e. The summed E-state index contributed by atoms with van der Waals surface area (Å²) in [5, 5.41) is 2.69. The summed E-state index contributed by atoms with van der Waals surface area (Å²) in [5.74, 6) is -0.366. The number of hydrogen-bond acceptors (Lipinski definition) is 5. The summed E-state index contributed by atoms with van der Waals surface area (Å²) in [4.78, 5) is 16.4. The first-order valence-electron chi connectivity index (χ1n) is 7.57. The van der Waals surface area contributed by atoms with Crippen LogP contribution < -0.4 is 5.32 Å². The minimum Gasteiger partial charge on any atom is -0.379 e. The van der Waals surface area contributed by atoms with Crippen LogP contribution in [-0.4, -0.2) is 49.9 Å². The molecule has 1 aliphatic rings. The molecule has 1 amide bonds. The van der Waals surface area contributed by atoms with E-state index in [4.69, 9.17) is 4.74 Å². The third-order valence-electron chi connectivity index (χ3n) is 3.67. The number of benzene rings is 1. The van der Waals surface area contributed by atoms with Crippen molar-refractivity contribution in [1.82, 2.24) is 9.29 Å². The Bertz CT molecular complexity index is 882. The van der Waals surface area contributed by atoms with Crippen molar-refractivity contribution in [3.8, 4) is 0 Å². The van der Waals surface area contributed by atoms with Gasteiger partial charge < -0.3 is 10.1 Å². The number of halogens is 1. The number of ether oxygens (including phenoxy) is 1. The standard InChI is InChI=1S/C16H16BrN3O4S/c17-13-8-12(10-18-11-13)16(21)19-14-2-1-3-15(9-14)25(22,23)20-4-6-24-7-5-20/h1-3,8-11H,4-7H2,(H,19,21). The van der Waals surface area contributed by atoms with Gasteiger partial charge in [-0.05, 0) is 40.2 Å². The van der Waals surface area contributed by atoms with E-state index in [0.29, 0.717) is 42.0 Å². The number of anilines is 1. The highest BCUT2D eigenvalue weighted by atomic mass is 79.9. The Hall–Kier alpha value is -1.81. The highest BCUT2D eigenvalue weighted by molar-refractivity contribution is 9.10. The summed E-state index contributed by atoms with van der Waals surface area (Å²) in [5.41, 5.74) is 0.773. The lowest BCUT2D eigenvalue weighted by atomic mass is 10.2. The number of rotatable bonds is 4. The number of morpholine rings is 1. The molecule has 1 N–H and O–H groups in total. The number of hydrogen-bond donors (Lipinski definition) is 1. The number of carbonyl (C=O) groups excluding carboxylic acids is 1. The molecule has 3 rings (SSSR count). The minimum atomic E-state index is -3.61. The number of nitrogens with zero attached hydrogens (tertiary/aromatic N) is 2. The molecule has 0 aliphatic carbocycles. The first-order valence-corrected chi connectivity index (χ1v) is 9.80. The molecular weight excluding hydrogens is 410 g/mol. The number of pyridine rings is 1.